The Bertz CT molecular complexity index is 1050. The fourth-order valence-corrected chi connectivity index (χ4v) is 4.75. The molecule has 2 aliphatic heterocycles. The molecule has 3 atom stereocenters. The standard InChI is InChI=1S/C26H38N6O4/c1-17-14-31(9-10-32(17)19(3)33)26-18(2)24(28-21-8-11-35-15-21)29-25(30-26)20-6-5-7-23(12-20)36-16-22(34)13-27-4/h5-7,12,17,21-22,27,34H,8-11,13-16H2,1-4H3,(H,28,29,30)/t17-,21+,22?/m0/s1. The lowest BCUT2D eigenvalue weighted by Crippen LogP contribution is -2.54. The van der Waals surface area contributed by atoms with Crippen LogP contribution in [0.1, 0.15) is 25.8 Å². The highest BCUT2D eigenvalue weighted by atomic mass is 16.5. The summed E-state index contributed by atoms with van der Waals surface area (Å²) in [5.74, 6) is 3.01. The maximum absolute atomic E-state index is 12.0. The lowest BCUT2D eigenvalue weighted by atomic mass is 10.1. The Labute approximate surface area is 213 Å². The molecule has 0 bridgehead atoms. The lowest BCUT2D eigenvalue weighted by Gasteiger charge is -2.40. The molecule has 3 N–H and O–H groups in total. The number of aliphatic hydroxyl groups is 1. The third kappa shape index (κ3) is 6.24. The van der Waals surface area contributed by atoms with E-state index in [4.69, 9.17) is 19.4 Å². The molecule has 2 aliphatic rings. The van der Waals surface area contributed by atoms with Crippen LogP contribution in [-0.4, -0.2) is 97.1 Å². The fourth-order valence-electron chi connectivity index (χ4n) is 4.75. The summed E-state index contributed by atoms with van der Waals surface area (Å²) in [4.78, 5) is 26.1. The molecule has 0 radical (unpaired) electrons. The first-order valence-electron chi connectivity index (χ1n) is 12.7. The molecule has 2 fully saturated rings. The van der Waals surface area contributed by atoms with Crippen molar-refractivity contribution in [1.82, 2.24) is 20.2 Å². The van der Waals surface area contributed by atoms with Crippen molar-refractivity contribution in [2.24, 2.45) is 0 Å². The minimum absolute atomic E-state index is 0.0921. The van der Waals surface area contributed by atoms with Crippen LogP contribution in [0.4, 0.5) is 11.6 Å². The molecule has 4 rings (SSSR count). The van der Waals surface area contributed by atoms with E-state index in [-0.39, 0.29) is 24.6 Å². The zero-order valence-electron chi connectivity index (χ0n) is 21.7. The summed E-state index contributed by atoms with van der Waals surface area (Å²) in [5, 5.41) is 16.5. The Balaban J connectivity index is 1.64. The molecule has 10 heteroatoms. The molecule has 2 aromatic rings. The largest absolute Gasteiger partial charge is 0.491 e. The quantitative estimate of drug-likeness (QED) is 0.475. The van der Waals surface area contributed by atoms with Crippen LogP contribution in [0.2, 0.25) is 0 Å². The molecule has 36 heavy (non-hydrogen) atoms. The molecule has 3 heterocycles. The normalized spacial score (nSPS) is 20.9. The Hall–Kier alpha value is -2.95. The Morgan fingerprint density at radius 1 is 1.33 bits per heavy atom. The lowest BCUT2D eigenvalue weighted by molar-refractivity contribution is -0.131. The van der Waals surface area contributed by atoms with Crippen molar-refractivity contribution in [3.8, 4) is 17.1 Å². The van der Waals surface area contributed by atoms with Gasteiger partial charge in [-0.2, -0.15) is 0 Å². The van der Waals surface area contributed by atoms with Crippen LogP contribution in [0, 0.1) is 6.92 Å². The van der Waals surface area contributed by atoms with Gasteiger partial charge in [0, 0.05) is 56.9 Å². The number of ether oxygens (including phenoxy) is 2. The number of rotatable bonds is 9. The van der Waals surface area contributed by atoms with Gasteiger partial charge in [-0.25, -0.2) is 9.97 Å². The van der Waals surface area contributed by atoms with Crippen molar-refractivity contribution >= 4 is 17.5 Å². The van der Waals surface area contributed by atoms with Crippen molar-refractivity contribution in [2.45, 2.75) is 45.4 Å². The van der Waals surface area contributed by atoms with Gasteiger partial charge in [0.2, 0.25) is 5.91 Å². The van der Waals surface area contributed by atoms with E-state index < -0.39 is 6.10 Å². The molecule has 1 unspecified atom stereocenters. The van der Waals surface area contributed by atoms with E-state index in [2.05, 4.69) is 22.5 Å². The van der Waals surface area contributed by atoms with Gasteiger partial charge in [-0.3, -0.25) is 4.79 Å². The number of nitrogens with zero attached hydrogens (tertiary/aromatic N) is 4. The number of carbonyl (C=O) groups is 1. The van der Waals surface area contributed by atoms with Crippen LogP contribution in [0.5, 0.6) is 5.75 Å². The fraction of sp³-hybridized carbons (Fsp3) is 0.577. The Kier molecular flexibility index (Phi) is 8.60. The Morgan fingerprint density at radius 2 is 2.17 bits per heavy atom. The maximum Gasteiger partial charge on any atom is 0.219 e. The number of carbonyl (C=O) groups excluding carboxylic acids is 1. The van der Waals surface area contributed by atoms with Gasteiger partial charge in [0.15, 0.2) is 5.82 Å². The summed E-state index contributed by atoms with van der Waals surface area (Å²) < 4.78 is 11.4. The Morgan fingerprint density at radius 3 is 2.86 bits per heavy atom. The average Bonchev–Trinajstić information content (AvgIpc) is 3.37. The van der Waals surface area contributed by atoms with Gasteiger partial charge in [0.05, 0.1) is 12.6 Å². The molecule has 0 aliphatic carbocycles. The number of benzene rings is 1. The van der Waals surface area contributed by atoms with Gasteiger partial charge >= 0.3 is 0 Å². The number of hydrogen-bond acceptors (Lipinski definition) is 9. The number of amides is 1. The number of aromatic nitrogens is 2. The summed E-state index contributed by atoms with van der Waals surface area (Å²) in [6.45, 7) is 9.85. The number of anilines is 2. The molecular weight excluding hydrogens is 460 g/mol. The highest BCUT2D eigenvalue weighted by molar-refractivity contribution is 5.74. The van der Waals surface area contributed by atoms with E-state index >= 15 is 0 Å². The number of piperazine rings is 1. The molecule has 0 saturated carbocycles. The van der Waals surface area contributed by atoms with Crippen LogP contribution in [0.25, 0.3) is 11.4 Å². The number of aliphatic hydroxyl groups excluding tert-OH is 1. The van der Waals surface area contributed by atoms with Crippen LogP contribution in [-0.2, 0) is 9.53 Å². The van der Waals surface area contributed by atoms with E-state index in [1.54, 1.807) is 14.0 Å². The zero-order valence-corrected chi connectivity index (χ0v) is 21.7. The van der Waals surface area contributed by atoms with E-state index in [1.807, 2.05) is 36.1 Å². The molecule has 1 amide bonds. The SMILES string of the molecule is CNCC(O)COc1cccc(-c2nc(N[C@@H]3CCOC3)c(C)c(N3CCN(C(C)=O)[C@@H](C)C3)n2)c1. The number of hydrogen-bond donors (Lipinski definition) is 3. The van der Waals surface area contributed by atoms with Gasteiger partial charge in [-0.1, -0.05) is 12.1 Å². The average molecular weight is 499 g/mol. The van der Waals surface area contributed by atoms with Gasteiger partial charge < -0.3 is 35.0 Å². The van der Waals surface area contributed by atoms with Crippen LogP contribution >= 0.6 is 0 Å². The smallest absolute Gasteiger partial charge is 0.219 e. The topological polar surface area (TPSA) is 112 Å². The summed E-state index contributed by atoms with van der Waals surface area (Å²) in [7, 11) is 1.79. The predicted molar refractivity (Wildman–Crippen MR) is 140 cm³/mol. The van der Waals surface area contributed by atoms with Gasteiger partial charge in [-0.05, 0) is 39.4 Å². The van der Waals surface area contributed by atoms with Gasteiger partial charge in [0.25, 0.3) is 0 Å². The van der Waals surface area contributed by atoms with Crippen LogP contribution in [0.3, 0.4) is 0 Å². The van der Waals surface area contributed by atoms with Crippen molar-refractivity contribution in [3.05, 3.63) is 29.8 Å². The number of nitrogens with one attached hydrogen (secondary N) is 2. The third-order valence-electron chi connectivity index (χ3n) is 6.70. The predicted octanol–water partition coefficient (Wildman–Crippen LogP) is 1.67. The van der Waals surface area contributed by atoms with Crippen molar-refractivity contribution < 1.29 is 19.4 Å². The zero-order chi connectivity index (χ0) is 25.7. The molecule has 0 spiro atoms. The molecule has 2 saturated heterocycles. The minimum Gasteiger partial charge on any atom is -0.491 e. The van der Waals surface area contributed by atoms with E-state index in [0.29, 0.717) is 44.4 Å². The second kappa shape index (κ2) is 11.9. The van der Waals surface area contributed by atoms with E-state index in [9.17, 15) is 9.90 Å². The van der Waals surface area contributed by atoms with E-state index in [0.717, 1.165) is 35.8 Å². The van der Waals surface area contributed by atoms with Crippen LogP contribution in [0.15, 0.2) is 24.3 Å². The minimum atomic E-state index is -0.596. The number of likely N-dealkylation sites (N-methyl/N-ethyl adjacent to an activating group) is 1. The summed E-state index contributed by atoms with van der Waals surface area (Å²) in [6, 6.07) is 7.93. The molecule has 1 aromatic heterocycles. The van der Waals surface area contributed by atoms with Crippen molar-refractivity contribution in [3.63, 3.8) is 0 Å². The van der Waals surface area contributed by atoms with Crippen molar-refractivity contribution in [2.75, 3.05) is 63.3 Å². The maximum atomic E-state index is 12.0. The second-order valence-electron chi connectivity index (χ2n) is 9.61. The summed E-state index contributed by atoms with van der Waals surface area (Å²) in [6.07, 6.45) is 0.335. The first-order valence-corrected chi connectivity index (χ1v) is 12.7. The highest BCUT2D eigenvalue weighted by Crippen LogP contribution is 2.31. The first kappa shape index (κ1) is 26.1. The summed E-state index contributed by atoms with van der Waals surface area (Å²) in [5.41, 5.74) is 1.81. The third-order valence-corrected chi connectivity index (χ3v) is 6.70. The first-order chi connectivity index (χ1) is 17.4. The monoisotopic (exact) mass is 498 g/mol. The molecule has 196 valence electrons. The highest BCUT2D eigenvalue weighted by Gasteiger charge is 2.29. The van der Waals surface area contributed by atoms with E-state index in [1.165, 1.54) is 0 Å². The van der Waals surface area contributed by atoms with Gasteiger partial charge in [-0.15, -0.1) is 0 Å². The second-order valence-corrected chi connectivity index (χ2v) is 9.61. The van der Waals surface area contributed by atoms with Crippen LogP contribution < -0.4 is 20.3 Å². The van der Waals surface area contributed by atoms with Crippen molar-refractivity contribution in [1.29, 1.82) is 0 Å². The summed E-state index contributed by atoms with van der Waals surface area (Å²) >= 11 is 0. The van der Waals surface area contributed by atoms with Gasteiger partial charge in [0.1, 0.15) is 30.1 Å². The molecular formula is C26H38N6O4. The molecule has 1 aromatic carbocycles. The molecule has 10 nitrogen and oxygen atoms in total.